The Morgan fingerprint density at radius 2 is 2.00 bits per heavy atom. The van der Waals surface area contributed by atoms with Crippen LogP contribution in [0.3, 0.4) is 0 Å². The van der Waals surface area contributed by atoms with E-state index in [4.69, 9.17) is 5.73 Å². The number of thiophene rings is 1. The largest absolute Gasteiger partial charge is 0.370 e. The third-order valence-corrected chi connectivity index (χ3v) is 6.67. The summed E-state index contributed by atoms with van der Waals surface area (Å²) >= 11 is 1.23. The van der Waals surface area contributed by atoms with Crippen LogP contribution >= 0.6 is 35.3 Å². The van der Waals surface area contributed by atoms with E-state index in [1.165, 1.54) is 35.1 Å². The first kappa shape index (κ1) is 19.2. The number of hydrogen-bond acceptors (Lipinski definition) is 4. The maximum atomic E-state index is 11.5. The van der Waals surface area contributed by atoms with E-state index in [1.807, 2.05) is 6.07 Å². The van der Waals surface area contributed by atoms with Gasteiger partial charge in [0.2, 0.25) is 0 Å². The van der Waals surface area contributed by atoms with Crippen molar-refractivity contribution in [2.75, 3.05) is 11.6 Å². The second-order valence-electron chi connectivity index (χ2n) is 5.66. The molecule has 0 bridgehead atoms. The minimum absolute atomic E-state index is 0. The van der Waals surface area contributed by atoms with Crippen molar-refractivity contribution in [3.63, 3.8) is 0 Å². The molecule has 8 heteroatoms. The lowest BCUT2D eigenvalue weighted by atomic mass is 10.1. The smallest absolute Gasteiger partial charge is 0.193 e. The van der Waals surface area contributed by atoms with Gasteiger partial charge in [0.1, 0.15) is 4.21 Å². The molecule has 1 aliphatic rings. The number of guanidine groups is 1. The van der Waals surface area contributed by atoms with Crippen LogP contribution in [-0.4, -0.2) is 20.6 Å². The van der Waals surface area contributed by atoms with Gasteiger partial charge in [-0.05, 0) is 54.7 Å². The van der Waals surface area contributed by atoms with Crippen LogP contribution in [0, 0.1) is 0 Å². The van der Waals surface area contributed by atoms with Crippen molar-refractivity contribution in [1.82, 2.24) is 0 Å². The predicted molar refractivity (Wildman–Crippen MR) is 110 cm³/mol. The van der Waals surface area contributed by atoms with Crippen LogP contribution in [0.1, 0.15) is 22.4 Å². The third-order valence-electron chi connectivity index (χ3n) is 3.78. The maximum Gasteiger partial charge on any atom is 0.193 e. The van der Waals surface area contributed by atoms with Crippen LogP contribution in [-0.2, 0) is 29.2 Å². The molecule has 1 heterocycles. The SMILES string of the molecule is CS(=O)(=O)c1ccc(CN=C(N)Nc2ccc3c(c2)CCC3)s1.I. The zero-order valence-electron chi connectivity index (χ0n) is 13.3. The summed E-state index contributed by atoms with van der Waals surface area (Å²) in [7, 11) is -3.15. The molecule has 2 aromatic rings. The van der Waals surface area contributed by atoms with E-state index in [2.05, 4.69) is 22.4 Å². The summed E-state index contributed by atoms with van der Waals surface area (Å²) < 4.78 is 23.3. The summed E-state index contributed by atoms with van der Waals surface area (Å²) in [6, 6.07) is 9.65. The normalized spacial score (nSPS) is 14.1. The predicted octanol–water partition coefficient (Wildman–Crippen LogP) is 3.19. The minimum Gasteiger partial charge on any atom is -0.370 e. The van der Waals surface area contributed by atoms with Gasteiger partial charge < -0.3 is 11.1 Å². The van der Waals surface area contributed by atoms with E-state index in [-0.39, 0.29) is 24.0 Å². The summed E-state index contributed by atoms with van der Waals surface area (Å²) in [6.45, 7) is 0.365. The first-order valence-electron chi connectivity index (χ1n) is 7.39. The van der Waals surface area contributed by atoms with E-state index in [0.717, 1.165) is 23.4 Å². The zero-order valence-corrected chi connectivity index (χ0v) is 17.2. The monoisotopic (exact) mass is 477 g/mol. The number of nitrogens with two attached hydrogens (primary N) is 1. The first-order chi connectivity index (χ1) is 10.9. The van der Waals surface area contributed by atoms with Gasteiger partial charge in [0.05, 0.1) is 6.54 Å². The standard InChI is InChI=1S/C16H19N3O2S2.HI/c1-23(20,21)15-8-7-14(22-15)10-18-16(17)19-13-6-5-11-3-2-4-12(11)9-13;/h5-9H,2-4,10H2,1H3,(H3,17,18,19);1H. The fraction of sp³-hybridized carbons (Fsp3) is 0.312. The van der Waals surface area contributed by atoms with Crippen LogP contribution in [0.4, 0.5) is 5.69 Å². The second kappa shape index (κ2) is 7.83. The van der Waals surface area contributed by atoms with Gasteiger partial charge in [0.15, 0.2) is 15.8 Å². The van der Waals surface area contributed by atoms with Crippen LogP contribution in [0.2, 0.25) is 0 Å². The molecule has 5 nitrogen and oxygen atoms in total. The molecule has 0 radical (unpaired) electrons. The molecule has 1 aromatic heterocycles. The topological polar surface area (TPSA) is 84.5 Å². The summed E-state index contributed by atoms with van der Waals surface area (Å²) in [6.07, 6.45) is 4.69. The summed E-state index contributed by atoms with van der Waals surface area (Å²) in [5.74, 6) is 0.331. The quantitative estimate of drug-likeness (QED) is 0.403. The van der Waals surface area contributed by atoms with Gasteiger partial charge in [0, 0.05) is 16.8 Å². The molecule has 0 unspecified atom stereocenters. The van der Waals surface area contributed by atoms with Gasteiger partial charge in [0.25, 0.3) is 0 Å². The van der Waals surface area contributed by atoms with Gasteiger partial charge in [-0.3, -0.25) is 0 Å². The summed E-state index contributed by atoms with van der Waals surface area (Å²) in [4.78, 5) is 5.14. The van der Waals surface area contributed by atoms with E-state index in [9.17, 15) is 8.42 Å². The van der Waals surface area contributed by atoms with E-state index in [0.29, 0.717) is 16.7 Å². The Hall–Kier alpha value is -1.13. The van der Waals surface area contributed by atoms with Gasteiger partial charge in [-0.2, -0.15) is 0 Å². The number of rotatable bonds is 4. The Kier molecular flexibility index (Phi) is 6.27. The Balaban J connectivity index is 0.00000208. The number of fused-ring (bicyclic) bond motifs is 1. The van der Waals surface area contributed by atoms with E-state index in [1.54, 1.807) is 12.1 Å². The lowest BCUT2D eigenvalue weighted by Crippen LogP contribution is -2.22. The van der Waals surface area contributed by atoms with Crippen molar-refractivity contribution < 1.29 is 8.42 Å². The molecule has 1 aromatic carbocycles. The second-order valence-corrected chi connectivity index (χ2v) is 9.07. The van der Waals surface area contributed by atoms with Crippen LogP contribution < -0.4 is 11.1 Å². The molecule has 0 amide bonds. The number of aliphatic imine (C=N–C) groups is 1. The third kappa shape index (κ3) is 4.70. The highest BCUT2D eigenvalue weighted by atomic mass is 127. The molecule has 1 aliphatic carbocycles. The molecule has 0 spiro atoms. The summed E-state index contributed by atoms with van der Waals surface area (Å²) in [5, 5.41) is 3.09. The number of nitrogens with one attached hydrogen (secondary N) is 1. The molecule has 0 saturated carbocycles. The summed E-state index contributed by atoms with van der Waals surface area (Å²) in [5.41, 5.74) is 9.65. The van der Waals surface area contributed by atoms with Gasteiger partial charge in [-0.1, -0.05) is 6.07 Å². The zero-order chi connectivity index (χ0) is 16.4. The molecular weight excluding hydrogens is 457 g/mol. The average molecular weight is 477 g/mol. The van der Waals surface area contributed by atoms with Crippen molar-refractivity contribution in [3.05, 3.63) is 46.3 Å². The molecular formula is C16H20IN3O2S2. The number of nitrogens with zero attached hydrogens (tertiary/aromatic N) is 1. The lowest BCUT2D eigenvalue weighted by molar-refractivity contribution is 0.604. The molecule has 24 heavy (non-hydrogen) atoms. The highest BCUT2D eigenvalue weighted by Gasteiger charge is 2.12. The van der Waals surface area contributed by atoms with Crippen molar-refractivity contribution in [3.8, 4) is 0 Å². The molecule has 0 fully saturated rings. The Morgan fingerprint density at radius 1 is 1.25 bits per heavy atom. The number of anilines is 1. The Morgan fingerprint density at radius 3 is 2.71 bits per heavy atom. The van der Waals surface area contributed by atoms with Gasteiger partial charge >= 0.3 is 0 Å². The maximum absolute atomic E-state index is 11.5. The minimum atomic E-state index is -3.15. The van der Waals surface area contributed by atoms with Crippen LogP contribution in [0.5, 0.6) is 0 Å². The molecule has 0 atom stereocenters. The average Bonchev–Trinajstić information content (AvgIpc) is 3.13. The van der Waals surface area contributed by atoms with Crippen molar-refractivity contribution in [2.24, 2.45) is 10.7 Å². The van der Waals surface area contributed by atoms with Crippen molar-refractivity contribution in [1.29, 1.82) is 0 Å². The number of halogens is 1. The van der Waals surface area contributed by atoms with Crippen LogP contribution in [0.25, 0.3) is 0 Å². The highest BCUT2D eigenvalue weighted by molar-refractivity contribution is 14.0. The van der Waals surface area contributed by atoms with Crippen LogP contribution in [0.15, 0.2) is 39.5 Å². The molecule has 3 N–H and O–H groups in total. The molecule has 130 valence electrons. The van der Waals surface area contributed by atoms with Gasteiger partial charge in [-0.25, -0.2) is 13.4 Å². The van der Waals surface area contributed by atoms with Crippen molar-refractivity contribution >= 4 is 56.8 Å². The van der Waals surface area contributed by atoms with E-state index >= 15 is 0 Å². The fourth-order valence-corrected chi connectivity index (χ4v) is 4.54. The first-order valence-corrected chi connectivity index (χ1v) is 10.1. The van der Waals surface area contributed by atoms with E-state index < -0.39 is 9.84 Å². The number of sulfone groups is 1. The molecule has 3 rings (SSSR count). The Bertz CT molecular complexity index is 860. The number of hydrogen-bond donors (Lipinski definition) is 2. The highest BCUT2D eigenvalue weighted by Crippen LogP contribution is 2.25. The number of aryl methyl sites for hydroxylation is 2. The molecule has 0 saturated heterocycles. The molecule has 0 aliphatic heterocycles. The lowest BCUT2D eigenvalue weighted by Gasteiger charge is -2.07. The number of benzene rings is 1. The van der Waals surface area contributed by atoms with Crippen molar-refractivity contribution in [2.45, 2.75) is 30.0 Å². The fourth-order valence-electron chi connectivity index (χ4n) is 2.64. The van der Waals surface area contributed by atoms with Gasteiger partial charge in [-0.15, -0.1) is 35.3 Å². The Labute approximate surface area is 163 Å².